The normalized spacial score (nSPS) is 14.6. The van der Waals surface area contributed by atoms with Crippen molar-refractivity contribution in [3.05, 3.63) is 29.8 Å². The second-order valence-corrected chi connectivity index (χ2v) is 4.56. The molecule has 0 bridgehead atoms. The molecule has 0 saturated heterocycles. The van der Waals surface area contributed by atoms with Gasteiger partial charge in [-0.2, -0.15) is 0 Å². The summed E-state index contributed by atoms with van der Waals surface area (Å²) in [6, 6.07) is 7.25. The first-order chi connectivity index (χ1) is 8.50. The van der Waals surface area contributed by atoms with Crippen molar-refractivity contribution in [2.24, 2.45) is 0 Å². The third kappa shape index (κ3) is 5.04. The topological polar surface area (TPSA) is 58.9 Å². The highest BCUT2D eigenvalue weighted by Gasteiger charge is 2.11. The fraction of sp³-hybridized carbons (Fsp3) is 0.571. The smallest absolute Gasteiger partial charge is 0.125 e. The lowest BCUT2D eigenvalue weighted by atomic mass is 10.1. The Bertz CT molecular complexity index is 349. The Morgan fingerprint density at radius 3 is 2.33 bits per heavy atom. The summed E-state index contributed by atoms with van der Waals surface area (Å²) >= 11 is 0. The lowest BCUT2D eigenvalue weighted by molar-refractivity contribution is -0.0126. The predicted molar refractivity (Wildman–Crippen MR) is 69.7 cm³/mol. The van der Waals surface area contributed by atoms with Crippen LogP contribution < -0.4 is 4.74 Å². The van der Waals surface area contributed by atoms with Crippen molar-refractivity contribution in [3.8, 4) is 5.75 Å². The number of para-hydroxylation sites is 1. The number of rotatable bonds is 7. The molecule has 1 rings (SSSR count). The minimum absolute atomic E-state index is 0.0874. The highest BCUT2D eigenvalue weighted by Crippen LogP contribution is 2.24. The van der Waals surface area contributed by atoms with Crippen LogP contribution in [0.25, 0.3) is 0 Å². The van der Waals surface area contributed by atoms with Gasteiger partial charge in [-0.3, -0.25) is 0 Å². The molecular weight excluding hydrogens is 232 g/mol. The van der Waals surface area contributed by atoms with Gasteiger partial charge in [0.25, 0.3) is 0 Å². The van der Waals surface area contributed by atoms with Crippen molar-refractivity contribution in [2.75, 3.05) is 13.2 Å². The molecule has 0 saturated carbocycles. The van der Waals surface area contributed by atoms with Crippen LogP contribution in [0, 0.1) is 0 Å². The molecule has 0 heterocycles. The first kappa shape index (κ1) is 15.0. The molecule has 0 spiro atoms. The van der Waals surface area contributed by atoms with Crippen LogP contribution in [0.5, 0.6) is 5.75 Å². The van der Waals surface area contributed by atoms with Gasteiger partial charge in [0.05, 0.1) is 18.8 Å². The number of benzene rings is 1. The molecule has 2 N–H and O–H groups in total. The van der Waals surface area contributed by atoms with Crippen LogP contribution in [0.1, 0.15) is 32.4 Å². The number of ether oxygens (including phenoxy) is 2. The molecule has 102 valence electrons. The zero-order valence-electron chi connectivity index (χ0n) is 11.2. The highest BCUT2D eigenvalue weighted by molar-refractivity contribution is 5.34. The van der Waals surface area contributed by atoms with Crippen LogP contribution in [0.15, 0.2) is 24.3 Å². The van der Waals surface area contributed by atoms with E-state index in [9.17, 15) is 10.2 Å². The van der Waals surface area contributed by atoms with Gasteiger partial charge >= 0.3 is 0 Å². The van der Waals surface area contributed by atoms with E-state index in [0.29, 0.717) is 5.75 Å². The third-order valence-electron chi connectivity index (χ3n) is 2.42. The summed E-state index contributed by atoms with van der Waals surface area (Å²) in [5.74, 6) is 0.594. The average Bonchev–Trinajstić information content (AvgIpc) is 2.34. The maximum atomic E-state index is 9.68. The Morgan fingerprint density at radius 1 is 1.06 bits per heavy atom. The van der Waals surface area contributed by atoms with Gasteiger partial charge in [-0.1, -0.05) is 18.2 Å². The first-order valence-electron chi connectivity index (χ1n) is 6.20. The number of aliphatic hydroxyl groups excluding tert-OH is 2. The highest BCUT2D eigenvalue weighted by atomic mass is 16.5. The minimum atomic E-state index is -0.672. The Hall–Kier alpha value is -1.10. The molecule has 0 aliphatic heterocycles. The molecule has 18 heavy (non-hydrogen) atoms. The molecular formula is C14H22O4. The Morgan fingerprint density at radius 2 is 1.72 bits per heavy atom. The van der Waals surface area contributed by atoms with Gasteiger partial charge in [0.1, 0.15) is 18.5 Å². The van der Waals surface area contributed by atoms with Crippen LogP contribution in [0.2, 0.25) is 0 Å². The molecule has 0 amide bonds. The maximum Gasteiger partial charge on any atom is 0.125 e. The fourth-order valence-corrected chi connectivity index (χ4v) is 1.49. The molecule has 0 aliphatic rings. The SMILES string of the molecule is CC(C)OCC(O)COc1ccccc1C(C)O. The second-order valence-electron chi connectivity index (χ2n) is 4.56. The number of aliphatic hydroxyl groups is 2. The monoisotopic (exact) mass is 254 g/mol. The zero-order chi connectivity index (χ0) is 13.5. The third-order valence-corrected chi connectivity index (χ3v) is 2.42. The van der Waals surface area contributed by atoms with Crippen molar-refractivity contribution in [1.82, 2.24) is 0 Å². The predicted octanol–water partition coefficient (Wildman–Crippen LogP) is 1.90. The molecule has 2 atom stereocenters. The van der Waals surface area contributed by atoms with Gasteiger partial charge in [-0.05, 0) is 26.8 Å². The summed E-state index contributed by atoms with van der Waals surface area (Å²) in [6.07, 6.45) is -1.18. The molecule has 4 nitrogen and oxygen atoms in total. The Kier molecular flexibility index (Phi) is 6.12. The van der Waals surface area contributed by atoms with E-state index in [1.807, 2.05) is 26.0 Å². The molecule has 1 aromatic rings. The van der Waals surface area contributed by atoms with Crippen molar-refractivity contribution in [2.45, 2.75) is 39.1 Å². The summed E-state index contributed by atoms with van der Waals surface area (Å²) in [5.41, 5.74) is 0.717. The first-order valence-corrected chi connectivity index (χ1v) is 6.20. The molecule has 0 radical (unpaired) electrons. The quantitative estimate of drug-likeness (QED) is 0.780. The van der Waals surface area contributed by atoms with Crippen molar-refractivity contribution >= 4 is 0 Å². The van der Waals surface area contributed by atoms with Crippen LogP contribution in [-0.2, 0) is 4.74 Å². The van der Waals surface area contributed by atoms with Gasteiger partial charge in [0.2, 0.25) is 0 Å². The van der Waals surface area contributed by atoms with Crippen molar-refractivity contribution < 1.29 is 19.7 Å². The minimum Gasteiger partial charge on any atom is -0.490 e. The summed E-state index contributed by atoms with van der Waals surface area (Å²) in [4.78, 5) is 0. The van der Waals surface area contributed by atoms with Gasteiger partial charge in [0.15, 0.2) is 0 Å². The van der Waals surface area contributed by atoms with Crippen LogP contribution >= 0.6 is 0 Å². The van der Waals surface area contributed by atoms with Crippen LogP contribution in [0.4, 0.5) is 0 Å². The largest absolute Gasteiger partial charge is 0.490 e. The second kappa shape index (κ2) is 7.36. The molecule has 1 aromatic carbocycles. The fourth-order valence-electron chi connectivity index (χ4n) is 1.49. The van der Waals surface area contributed by atoms with E-state index < -0.39 is 12.2 Å². The van der Waals surface area contributed by atoms with Gasteiger partial charge in [-0.15, -0.1) is 0 Å². The Labute approximate surface area is 108 Å². The van der Waals surface area contributed by atoms with E-state index in [0.717, 1.165) is 5.56 Å². The summed E-state index contributed by atoms with van der Waals surface area (Å²) < 4.78 is 10.8. The van der Waals surface area contributed by atoms with E-state index in [4.69, 9.17) is 9.47 Å². The molecule has 4 heteroatoms. The van der Waals surface area contributed by atoms with Crippen LogP contribution in [-0.4, -0.2) is 35.6 Å². The maximum absolute atomic E-state index is 9.68. The standard InChI is InChI=1S/C14H22O4/c1-10(2)17-8-12(16)9-18-14-7-5-4-6-13(14)11(3)15/h4-7,10-12,15-16H,8-9H2,1-3H3. The zero-order valence-corrected chi connectivity index (χ0v) is 11.2. The summed E-state index contributed by atoms with van der Waals surface area (Å²) in [6.45, 7) is 5.90. The van der Waals surface area contributed by atoms with E-state index in [1.54, 1.807) is 19.1 Å². The Balaban J connectivity index is 2.48. The molecule has 2 unspecified atom stereocenters. The van der Waals surface area contributed by atoms with Crippen molar-refractivity contribution in [1.29, 1.82) is 0 Å². The summed E-state index contributed by atoms with van der Waals surface area (Å²) in [7, 11) is 0. The lowest BCUT2D eigenvalue weighted by Crippen LogP contribution is -2.25. The van der Waals surface area contributed by atoms with E-state index in [2.05, 4.69) is 0 Å². The number of hydrogen-bond acceptors (Lipinski definition) is 4. The van der Waals surface area contributed by atoms with Gasteiger partial charge in [0, 0.05) is 5.56 Å². The number of hydrogen-bond donors (Lipinski definition) is 2. The van der Waals surface area contributed by atoms with E-state index >= 15 is 0 Å². The van der Waals surface area contributed by atoms with Crippen LogP contribution in [0.3, 0.4) is 0 Å². The van der Waals surface area contributed by atoms with E-state index in [-0.39, 0.29) is 19.3 Å². The lowest BCUT2D eigenvalue weighted by Gasteiger charge is -2.17. The molecule has 0 fully saturated rings. The average molecular weight is 254 g/mol. The van der Waals surface area contributed by atoms with Gasteiger partial charge < -0.3 is 19.7 Å². The summed E-state index contributed by atoms with van der Waals surface area (Å²) in [5, 5.41) is 19.3. The van der Waals surface area contributed by atoms with E-state index in [1.165, 1.54) is 0 Å². The molecule has 0 aromatic heterocycles. The molecule has 0 aliphatic carbocycles. The van der Waals surface area contributed by atoms with Gasteiger partial charge in [-0.25, -0.2) is 0 Å². The van der Waals surface area contributed by atoms with Crippen molar-refractivity contribution in [3.63, 3.8) is 0 Å².